The Morgan fingerprint density at radius 2 is 1.76 bits per heavy atom. The van der Waals surface area contributed by atoms with Crippen LogP contribution in [0.25, 0.3) is 6.08 Å². The molecule has 1 heterocycles. The molecule has 2 N–H and O–H groups in total. The quantitative estimate of drug-likeness (QED) is 0.466. The van der Waals surface area contributed by atoms with Crippen LogP contribution in [0.1, 0.15) is 46.6 Å². The Labute approximate surface area is 193 Å². The number of carbonyl (C=O) groups excluding carboxylic acids is 2. The Kier molecular flexibility index (Phi) is 7.91. The van der Waals surface area contributed by atoms with Crippen LogP contribution < -0.4 is 20.1 Å². The number of methoxy groups -OCH3 is 2. The van der Waals surface area contributed by atoms with Crippen LogP contribution in [-0.2, 0) is 4.79 Å². The molecule has 1 atom stereocenters. The molecule has 0 saturated heterocycles. The average Bonchev–Trinajstić information content (AvgIpc) is 3.35. The van der Waals surface area contributed by atoms with E-state index in [2.05, 4.69) is 10.6 Å². The summed E-state index contributed by atoms with van der Waals surface area (Å²) in [5.41, 5.74) is 2.42. The Morgan fingerprint density at radius 1 is 1.03 bits per heavy atom. The maximum atomic E-state index is 13.2. The van der Waals surface area contributed by atoms with Crippen molar-refractivity contribution in [3.63, 3.8) is 0 Å². The van der Waals surface area contributed by atoms with Crippen molar-refractivity contribution in [1.29, 1.82) is 0 Å². The SMILES string of the molecule is CC[C@@H](NC(=O)/C(=C/c1ccco1)NC(=O)c1ccc(C)cc1)c1ccc(OC)c(OC)c1. The van der Waals surface area contributed by atoms with E-state index in [9.17, 15) is 9.59 Å². The van der Waals surface area contributed by atoms with Gasteiger partial charge in [-0.2, -0.15) is 0 Å². The van der Waals surface area contributed by atoms with Crippen molar-refractivity contribution in [3.05, 3.63) is 89.0 Å². The van der Waals surface area contributed by atoms with Crippen LogP contribution in [0.2, 0.25) is 0 Å². The standard InChI is InChI=1S/C26H28N2O5/c1-5-21(19-12-13-23(31-3)24(15-19)32-4)27-26(30)22(16-20-7-6-14-33-20)28-25(29)18-10-8-17(2)9-11-18/h6-16,21H,5H2,1-4H3,(H,27,30)(H,28,29)/b22-16-/t21-/m1/s1. The third-order valence-electron chi connectivity index (χ3n) is 5.16. The summed E-state index contributed by atoms with van der Waals surface area (Å²) in [6, 6.07) is 15.7. The molecule has 3 rings (SSSR count). The molecule has 2 aromatic carbocycles. The van der Waals surface area contributed by atoms with E-state index in [1.54, 1.807) is 44.6 Å². The largest absolute Gasteiger partial charge is 0.493 e. The van der Waals surface area contributed by atoms with Gasteiger partial charge in [0, 0.05) is 11.6 Å². The first-order valence-corrected chi connectivity index (χ1v) is 10.6. The maximum Gasteiger partial charge on any atom is 0.268 e. The molecular formula is C26H28N2O5. The van der Waals surface area contributed by atoms with E-state index in [1.807, 2.05) is 38.1 Å². The normalized spacial score (nSPS) is 12.1. The summed E-state index contributed by atoms with van der Waals surface area (Å²) < 4.78 is 16.0. The van der Waals surface area contributed by atoms with Crippen molar-refractivity contribution in [3.8, 4) is 11.5 Å². The lowest BCUT2D eigenvalue weighted by Gasteiger charge is -2.20. The molecule has 2 amide bonds. The van der Waals surface area contributed by atoms with E-state index in [4.69, 9.17) is 13.9 Å². The molecule has 0 saturated carbocycles. The van der Waals surface area contributed by atoms with Gasteiger partial charge in [0.25, 0.3) is 11.8 Å². The minimum Gasteiger partial charge on any atom is -0.493 e. The lowest BCUT2D eigenvalue weighted by Crippen LogP contribution is -2.36. The van der Waals surface area contributed by atoms with Gasteiger partial charge in [-0.15, -0.1) is 0 Å². The summed E-state index contributed by atoms with van der Waals surface area (Å²) in [5.74, 6) is 0.798. The highest BCUT2D eigenvalue weighted by Crippen LogP contribution is 2.31. The second kappa shape index (κ2) is 11.0. The first-order chi connectivity index (χ1) is 15.9. The maximum absolute atomic E-state index is 13.2. The first kappa shape index (κ1) is 23.7. The number of amides is 2. The number of hydrogen-bond acceptors (Lipinski definition) is 5. The van der Waals surface area contributed by atoms with Gasteiger partial charge in [0.15, 0.2) is 11.5 Å². The molecule has 1 aromatic heterocycles. The fraction of sp³-hybridized carbons (Fsp3) is 0.231. The zero-order valence-electron chi connectivity index (χ0n) is 19.2. The highest BCUT2D eigenvalue weighted by molar-refractivity contribution is 6.05. The molecule has 0 fully saturated rings. The third kappa shape index (κ3) is 6.04. The summed E-state index contributed by atoms with van der Waals surface area (Å²) in [7, 11) is 3.13. The van der Waals surface area contributed by atoms with Crippen LogP contribution in [0.3, 0.4) is 0 Å². The highest BCUT2D eigenvalue weighted by Gasteiger charge is 2.20. The topological polar surface area (TPSA) is 89.8 Å². The van der Waals surface area contributed by atoms with Crippen molar-refractivity contribution in [2.75, 3.05) is 14.2 Å². The van der Waals surface area contributed by atoms with E-state index in [0.29, 0.717) is 29.2 Å². The van der Waals surface area contributed by atoms with Crippen molar-refractivity contribution >= 4 is 17.9 Å². The summed E-state index contributed by atoms with van der Waals surface area (Å²) in [6.45, 7) is 3.90. The number of carbonyl (C=O) groups is 2. The smallest absolute Gasteiger partial charge is 0.268 e. The van der Waals surface area contributed by atoms with E-state index >= 15 is 0 Å². The third-order valence-corrected chi connectivity index (χ3v) is 5.16. The minimum absolute atomic E-state index is 0.0782. The molecule has 0 aliphatic rings. The number of benzene rings is 2. The number of ether oxygens (including phenoxy) is 2. The Hall–Kier alpha value is -4.00. The minimum atomic E-state index is -0.437. The number of rotatable bonds is 9. The van der Waals surface area contributed by atoms with E-state index < -0.39 is 5.91 Å². The van der Waals surface area contributed by atoms with Crippen molar-refractivity contribution in [1.82, 2.24) is 10.6 Å². The van der Waals surface area contributed by atoms with Crippen molar-refractivity contribution in [2.45, 2.75) is 26.3 Å². The summed E-state index contributed by atoms with van der Waals surface area (Å²) >= 11 is 0. The predicted octanol–water partition coefficient (Wildman–Crippen LogP) is 4.64. The van der Waals surface area contributed by atoms with Crippen molar-refractivity contribution < 1.29 is 23.5 Å². The van der Waals surface area contributed by atoms with Crippen LogP contribution >= 0.6 is 0 Å². The Balaban J connectivity index is 1.84. The molecule has 7 heteroatoms. The van der Waals surface area contributed by atoms with Crippen LogP contribution in [0.15, 0.2) is 71.0 Å². The predicted molar refractivity (Wildman–Crippen MR) is 126 cm³/mol. The van der Waals surface area contributed by atoms with Crippen LogP contribution in [0.5, 0.6) is 11.5 Å². The molecule has 0 radical (unpaired) electrons. The lowest BCUT2D eigenvalue weighted by molar-refractivity contribution is -0.118. The molecule has 0 aliphatic heterocycles. The summed E-state index contributed by atoms with van der Waals surface area (Å²) in [6.07, 6.45) is 3.63. The molecule has 0 spiro atoms. The second-order valence-electron chi connectivity index (χ2n) is 7.44. The van der Waals surface area contributed by atoms with Gasteiger partial charge < -0.3 is 24.5 Å². The van der Waals surface area contributed by atoms with Gasteiger partial charge >= 0.3 is 0 Å². The Morgan fingerprint density at radius 3 is 2.36 bits per heavy atom. The van der Waals surface area contributed by atoms with Gasteiger partial charge in [0.1, 0.15) is 11.5 Å². The van der Waals surface area contributed by atoms with E-state index in [1.165, 1.54) is 12.3 Å². The summed E-state index contributed by atoms with van der Waals surface area (Å²) in [5, 5.41) is 5.71. The zero-order chi connectivity index (χ0) is 23.8. The fourth-order valence-corrected chi connectivity index (χ4v) is 3.30. The van der Waals surface area contributed by atoms with Crippen LogP contribution in [0, 0.1) is 6.92 Å². The molecule has 0 aliphatic carbocycles. The Bertz CT molecular complexity index is 1120. The zero-order valence-corrected chi connectivity index (χ0v) is 19.2. The molecule has 172 valence electrons. The monoisotopic (exact) mass is 448 g/mol. The van der Waals surface area contributed by atoms with Gasteiger partial charge in [-0.05, 0) is 55.3 Å². The fourth-order valence-electron chi connectivity index (χ4n) is 3.30. The number of nitrogens with one attached hydrogen (secondary N) is 2. The number of aryl methyl sites for hydroxylation is 1. The molecule has 33 heavy (non-hydrogen) atoms. The van der Waals surface area contributed by atoms with E-state index in [-0.39, 0.29) is 17.6 Å². The first-order valence-electron chi connectivity index (χ1n) is 10.6. The van der Waals surface area contributed by atoms with E-state index in [0.717, 1.165) is 11.1 Å². The van der Waals surface area contributed by atoms with Crippen molar-refractivity contribution in [2.24, 2.45) is 0 Å². The highest BCUT2D eigenvalue weighted by atomic mass is 16.5. The van der Waals surface area contributed by atoms with Gasteiger partial charge in [-0.25, -0.2) is 0 Å². The van der Waals surface area contributed by atoms with Gasteiger partial charge in [0.2, 0.25) is 0 Å². The number of hydrogen-bond donors (Lipinski definition) is 2. The van der Waals surface area contributed by atoms with Crippen LogP contribution in [0.4, 0.5) is 0 Å². The van der Waals surface area contributed by atoms with Gasteiger partial charge in [0.05, 0.1) is 26.5 Å². The molecular weight excluding hydrogens is 420 g/mol. The molecule has 3 aromatic rings. The van der Waals surface area contributed by atoms with Gasteiger partial charge in [-0.1, -0.05) is 30.7 Å². The van der Waals surface area contributed by atoms with Crippen LogP contribution in [-0.4, -0.2) is 26.0 Å². The van der Waals surface area contributed by atoms with Gasteiger partial charge in [-0.3, -0.25) is 9.59 Å². The lowest BCUT2D eigenvalue weighted by atomic mass is 10.0. The molecule has 0 bridgehead atoms. The molecule has 7 nitrogen and oxygen atoms in total. The average molecular weight is 449 g/mol. The second-order valence-corrected chi connectivity index (χ2v) is 7.44. The molecule has 0 unspecified atom stereocenters. The summed E-state index contributed by atoms with van der Waals surface area (Å²) in [4.78, 5) is 26.0. The number of furan rings is 1.